The first-order chi connectivity index (χ1) is 21.2. The van der Waals surface area contributed by atoms with Crippen molar-refractivity contribution in [3.8, 4) is 0 Å². The molecular weight excluding hydrogens is 588 g/mol. The molecule has 0 heterocycles. The lowest BCUT2D eigenvalue weighted by molar-refractivity contribution is -0.191. The summed E-state index contributed by atoms with van der Waals surface area (Å²) in [7, 11) is 0. The predicted molar refractivity (Wildman–Crippen MR) is 172 cm³/mol. The Kier molecular flexibility index (Phi) is 8.40. The van der Waals surface area contributed by atoms with Crippen LogP contribution in [0.25, 0.3) is 0 Å². The molecule has 0 bridgehead atoms. The number of carbonyl (C=O) groups excluding carboxylic acids is 4. The van der Waals surface area contributed by atoms with Crippen molar-refractivity contribution in [1.29, 1.82) is 0 Å². The Balaban J connectivity index is 1.28. The standard InChI is InChI=1S/C38H49ClO6/c1-21(2)33-29(41)19-38(35(43)44-20-30(42)24-7-9-25(39)10-8-24)18-14-28-26(34(33)38)11-12-32-36(5)17-15-31(45-23(4)40)22(3)27(36)13-16-37(28,32)6/h7-10,21-22,26-28,31-32H,11-20H2,1-6H3. The molecule has 0 radical (unpaired) electrons. The van der Waals surface area contributed by atoms with Crippen molar-refractivity contribution in [3.63, 3.8) is 0 Å². The van der Waals surface area contributed by atoms with E-state index >= 15 is 0 Å². The summed E-state index contributed by atoms with van der Waals surface area (Å²) >= 11 is 5.99. The SMILES string of the molecule is CC(=O)OC1CCC2(C)C(CCC3(C)C4CCC5(C(=O)OCC(=O)c6ccc(Cl)cc6)CC(=O)C(C(C)C)=C5C4CCC32)C1C. The second-order valence-electron chi connectivity index (χ2n) is 15.8. The molecule has 244 valence electrons. The van der Waals surface area contributed by atoms with Gasteiger partial charge in [0.1, 0.15) is 6.10 Å². The first-order valence-electron chi connectivity index (χ1n) is 17.1. The van der Waals surface area contributed by atoms with Gasteiger partial charge in [-0.15, -0.1) is 0 Å². The zero-order chi connectivity index (χ0) is 32.5. The zero-order valence-corrected chi connectivity index (χ0v) is 28.5. The van der Waals surface area contributed by atoms with E-state index in [1.807, 2.05) is 0 Å². The van der Waals surface area contributed by atoms with Crippen LogP contribution in [0.4, 0.5) is 0 Å². The van der Waals surface area contributed by atoms with E-state index in [-0.39, 0.29) is 59.3 Å². The Morgan fingerprint density at radius 2 is 1.58 bits per heavy atom. The van der Waals surface area contributed by atoms with Crippen LogP contribution >= 0.6 is 11.6 Å². The fraction of sp³-hybridized carbons (Fsp3) is 0.684. The number of rotatable bonds is 6. The summed E-state index contributed by atoms with van der Waals surface area (Å²) in [4.78, 5) is 52.6. The first kappa shape index (κ1) is 32.5. The molecule has 5 aliphatic carbocycles. The third kappa shape index (κ3) is 5.12. The van der Waals surface area contributed by atoms with E-state index < -0.39 is 11.4 Å². The molecule has 0 saturated heterocycles. The lowest BCUT2D eigenvalue weighted by Gasteiger charge is -2.67. The first-order valence-corrected chi connectivity index (χ1v) is 17.5. The van der Waals surface area contributed by atoms with Gasteiger partial charge in [-0.1, -0.05) is 46.2 Å². The maximum atomic E-state index is 14.1. The van der Waals surface area contributed by atoms with Gasteiger partial charge in [0.05, 0.1) is 5.41 Å². The summed E-state index contributed by atoms with van der Waals surface area (Å²) in [6.07, 6.45) is 7.86. The Bertz CT molecular complexity index is 1430. The molecule has 6 rings (SSSR count). The van der Waals surface area contributed by atoms with Crippen LogP contribution in [-0.4, -0.2) is 36.2 Å². The number of esters is 2. The minimum Gasteiger partial charge on any atom is -0.462 e. The van der Waals surface area contributed by atoms with Crippen LogP contribution in [-0.2, 0) is 23.9 Å². The summed E-state index contributed by atoms with van der Waals surface area (Å²) in [5.74, 6) is 1.16. The summed E-state index contributed by atoms with van der Waals surface area (Å²) in [6.45, 7) is 12.6. The Morgan fingerprint density at radius 1 is 0.933 bits per heavy atom. The molecule has 9 atom stereocenters. The highest BCUT2D eigenvalue weighted by molar-refractivity contribution is 6.30. The molecule has 0 N–H and O–H groups in total. The number of ether oxygens (including phenoxy) is 2. The molecule has 9 unspecified atom stereocenters. The molecule has 1 aromatic rings. The number of benzene rings is 1. The number of carbonyl (C=O) groups is 4. The van der Waals surface area contributed by atoms with Gasteiger partial charge in [0.2, 0.25) is 0 Å². The van der Waals surface area contributed by atoms with Gasteiger partial charge in [0.15, 0.2) is 18.2 Å². The summed E-state index contributed by atoms with van der Waals surface area (Å²) in [6, 6.07) is 6.58. The average Bonchev–Trinajstić information content (AvgIpc) is 3.31. The Morgan fingerprint density at radius 3 is 2.24 bits per heavy atom. The monoisotopic (exact) mass is 636 g/mol. The van der Waals surface area contributed by atoms with Crippen LogP contribution in [0.1, 0.15) is 110 Å². The van der Waals surface area contributed by atoms with Gasteiger partial charge in [-0.05, 0) is 133 Å². The number of allylic oxidation sites excluding steroid dienone is 1. The van der Waals surface area contributed by atoms with Crippen LogP contribution in [0.3, 0.4) is 0 Å². The van der Waals surface area contributed by atoms with Crippen LogP contribution in [0.5, 0.6) is 0 Å². The number of fused-ring (bicyclic) bond motifs is 7. The van der Waals surface area contributed by atoms with Crippen molar-refractivity contribution in [2.24, 2.45) is 51.8 Å². The number of Topliss-reactive ketones (excluding diaryl/α,β-unsaturated/α-hetero) is 2. The van der Waals surface area contributed by atoms with Gasteiger partial charge >= 0.3 is 11.9 Å². The number of hydrogen-bond donors (Lipinski definition) is 0. The fourth-order valence-corrected chi connectivity index (χ4v) is 11.6. The van der Waals surface area contributed by atoms with E-state index in [1.54, 1.807) is 24.3 Å². The normalized spacial score (nSPS) is 39.0. The van der Waals surface area contributed by atoms with Crippen molar-refractivity contribution in [2.75, 3.05) is 6.61 Å². The number of halogens is 1. The Hall–Kier alpha value is -2.47. The predicted octanol–water partition coefficient (Wildman–Crippen LogP) is 8.20. The van der Waals surface area contributed by atoms with Crippen molar-refractivity contribution in [3.05, 3.63) is 46.0 Å². The van der Waals surface area contributed by atoms with Gasteiger partial charge in [-0.2, -0.15) is 0 Å². The van der Waals surface area contributed by atoms with Crippen LogP contribution < -0.4 is 0 Å². The third-order valence-corrected chi connectivity index (χ3v) is 13.6. The average molecular weight is 637 g/mol. The van der Waals surface area contributed by atoms with E-state index in [1.165, 1.54) is 6.92 Å². The van der Waals surface area contributed by atoms with Gasteiger partial charge in [0, 0.05) is 23.9 Å². The maximum absolute atomic E-state index is 14.1. The van der Waals surface area contributed by atoms with Gasteiger partial charge < -0.3 is 9.47 Å². The highest BCUT2D eigenvalue weighted by Gasteiger charge is 2.66. The molecule has 4 fully saturated rings. The zero-order valence-electron chi connectivity index (χ0n) is 27.7. The minimum absolute atomic E-state index is 0.00240. The molecule has 1 aromatic carbocycles. The van der Waals surface area contributed by atoms with E-state index in [2.05, 4.69) is 34.6 Å². The second-order valence-corrected chi connectivity index (χ2v) is 16.2. The van der Waals surface area contributed by atoms with E-state index in [0.29, 0.717) is 40.7 Å². The summed E-state index contributed by atoms with van der Waals surface area (Å²) in [5, 5.41) is 0.537. The molecule has 4 saturated carbocycles. The highest BCUT2D eigenvalue weighted by Crippen LogP contribution is 2.71. The van der Waals surface area contributed by atoms with Crippen LogP contribution in [0.2, 0.25) is 5.02 Å². The van der Waals surface area contributed by atoms with Crippen molar-refractivity contribution >= 4 is 35.1 Å². The molecule has 0 aliphatic heterocycles. The van der Waals surface area contributed by atoms with Crippen molar-refractivity contribution in [1.82, 2.24) is 0 Å². The maximum Gasteiger partial charge on any atom is 0.317 e. The fourth-order valence-electron chi connectivity index (χ4n) is 11.5. The number of hydrogen-bond acceptors (Lipinski definition) is 6. The van der Waals surface area contributed by atoms with Crippen LogP contribution in [0.15, 0.2) is 35.4 Å². The Labute approximate surface area is 273 Å². The molecule has 0 amide bonds. The minimum atomic E-state index is -0.973. The van der Waals surface area contributed by atoms with Crippen molar-refractivity contribution < 1.29 is 28.7 Å². The third-order valence-electron chi connectivity index (χ3n) is 13.3. The quantitative estimate of drug-likeness (QED) is 0.231. The highest BCUT2D eigenvalue weighted by atomic mass is 35.5. The molecule has 6 nitrogen and oxygen atoms in total. The van der Waals surface area contributed by atoms with E-state index in [0.717, 1.165) is 56.1 Å². The van der Waals surface area contributed by atoms with Gasteiger partial charge in [0.25, 0.3) is 0 Å². The summed E-state index contributed by atoms with van der Waals surface area (Å²) in [5.41, 5.74) is 1.62. The summed E-state index contributed by atoms with van der Waals surface area (Å²) < 4.78 is 11.6. The molecule has 5 aliphatic rings. The van der Waals surface area contributed by atoms with E-state index in [9.17, 15) is 19.2 Å². The van der Waals surface area contributed by atoms with E-state index in [4.69, 9.17) is 21.1 Å². The largest absolute Gasteiger partial charge is 0.462 e. The van der Waals surface area contributed by atoms with Crippen LogP contribution in [0, 0.1) is 51.8 Å². The molecule has 0 aromatic heterocycles. The second kappa shape index (κ2) is 11.6. The molecule has 7 heteroatoms. The topological polar surface area (TPSA) is 86.7 Å². The number of ketones is 2. The molecular formula is C38H49ClO6. The molecule has 0 spiro atoms. The lowest BCUT2D eigenvalue weighted by atomic mass is 9.38. The van der Waals surface area contributed by atoms with Gasteiger partial charge in [-0.3, -0.25) is 19.2 Å². The van der Waals surface area contributed by atoms with Crippen molar-refractivity contribution in [2.45, 2.75) is 105 Å². The smallest absolute Gasteiger partial charge is 0.317 e. The lowest BCUT2D eigenvalue weighted by Crippen LogP contribution is -2.61. The van der Waals surface area contributed by atoms with Gasteiger partial charge in [-0.25, -0.2) is 0 Å². The molecule has 45 heavy (non-hydrogen) atoms.